The molecular weight excluding hydrogens is 369 g/mol. The fraction of sp³-hybridized carbons (Fsp3) is 0.125. The standard InChI is InChI=1S/C16H13F3N4O2S/c1-21-15(20)23-14(24)10-7-8-9(16(17,18)19)4-5-11(13(8)22-10)25-12-3-2-6-26-12/h2-7,22H,1H3,(H3,20,21,23,24). The summed E-state index contributed by atoms with van der Waals surface area (Å²) < 4.78 is 45.6. The highest BCUT2D eigenvalue weighted by molar-refractivity contribution is 7.11. The fourth-order valence-electron chi connectivity index (χ4n) is 2.32. The number of H-pyrrole nitrogens is 1. The number of nitrogens with two attached hydrogens (primary N) is 1. The van der Waals surface area contributed by atoms with Crippen molar-refractivity contribution in [3.05, 3.63) is 47.0 Å². The highest BCUT2D eigenvalue weighted by Gasteiger charge is 2.34. The largest absolute Gasteiger partial charge is 0.444 e. The van der Waals surface area contributed by atoms with Gasteiger partial charge in [0.1, 0.15) is 5.69 Å². The molecular formula is C16H13F3N4O2S. The molecule has 0 radical (unpaired) electrons. The number of carbonyl (C=O) groups is 1. The number of aromatic amines is 1. The predicted octanol–water partition coefficient (Wildman–Crippen LogP) is 3.71. The van der Waals surface area contributed by atoms with Crippen molar-refractivity contribution in [3.8, 4) is 10.8 Å². The van der Waals surface area contributed by atoms with Crippen LogP contribution in [0.2, 0.25) is 0 Å². The number of amides is 1. The van der Waals surface area contributed by atoms with Gasteiger partial charge in [-0.25, -0.2) is 0 Å². The van der Waals surface area contributed by atoms with Gasteiger partial charge in [-0.15, -0.1) is 11.3 Å². The second kappa shape index (κ2) is 6.71. The van der Waals surface area contributed by atoms with Crippen LogP contribution in [0, 0.1) is 0 Å². The molecule has 4 N–H and O–H groups in total. The van der Waals surface area contributed by atoms with E-state index in [0.717, 1.165) is 12.1 Å². The molecule has 2 heterocycles. The summed E-state index contributed by atoms with van der Waals surface area (Å²) in [5.41, 5.74) is 4.51. The van der Waals surface area contributed by atoms with Gasteiger partial charge in [-0.1, -0.05) is 0 Å². The maximum absolute atomic E-state index is 13.3. The Morgan fingerprint density at radius 2 is 2.12 bits per heavy atom. The molecule has 0 spiro atoms. The van der Waals surface area contributed by atoms with Crippen LogP contribution in [0.1, 0.15) is 16.1 Å². The predicted molar refractivity (Wildman–Crippen MR) is 92.7 cm³/mol. The normalized spacial score (nSPS) is 12.4. The van der Waals surface area contributed by atoms with Crippen LogP contribution in [0.4, 0.5) is 13.2 Å². The molecule has 3 rings (SSSR count). The highest BCUT2D eigenvalue weighted by atomic mass is 32.1. The summed E-state index contributed by atoms with van der Waals surface area (Å²) in [4.78, 5) is 18.4. The van der Waals surface area contributed by atoms with E-state index in [1.54, 1.807) is 17.5 Å². The maximum atomic E-state index is 13.3. The van der Waals surface area contributed by atoms with Crippen LogP contribution < -0.4 is 15.8 Å². The fourth-order valence-corrected chi connectivity index (χ4v) is 2.90. The average Bonchev–Trinajstić information content (AvgIpc) is 3.23. The number of aromatic nitrogens is 1. The summed E-state index contributed by atoms with van der Waals surface area (Å²) in [5, 5.41) is 4.37. The summed E-state index contributed by atoms with van der Waals surface area (Å²) in [6, 6.07) is 6.68. The minimum Gasteiger partial charge on any atom is -0.444 e. The first-order valence-electron chi connectivity index (χ1n) is 7.27. The van der Waals surface area contributed by atoms with Crippen molar-refractivity contribution in [1.29, 1.82) is 0 Å². The number of nitrogens with one attached hydrogen (secondary N) is 2. The summed E-state index contributed by atoms with van der Waals surface area (Å²) in [7, 11) is 1.37. The Bertz CT molecular complexity index is 977. The number of aliphatic imine (C=N–C) groups is 1. The second-order valence-corrected chi connectivity index (χ2v) is 6.09. The first-order valence-corrected chi connectivity index (χ1v) is 8.15. The van der Waals surface area contributed by atoms with E-state index in [4.69, 9.17) is 10.5 Å². The van der Waals surface area contributed by atoms with Crippen LogP contribution in [0.15, 0.2) is 40.7 Å². The van der Waals surface area contributed by atoms with Gasteiger partial charge in [0, 0.05) is 12.4 Å². The third-order valence-electron chi connectivity index (χ3n) is 3.49. The molecule has 0 fully saturated rings. The van der Waals surface area contributed by atoms with E-state index < -0.39 is 17.6 Å². The minimum absolute atomic E-state index is 0.0605. The van der Waals surface area contributed by atoms with Gasteiger partial charge in [0.15, 0.2) is 16.8 Å². The average molecular weight is 382 g/mol. The number of nitrogens with zero attached hydrogens (tertiary/aromatic N) is 1. The molecule has 26 heavy (non-hydrogen) atoms. The van der Waals surface area contributed by atoms with E-state index in [1.807, 2.05) is 0 Å². The lowest BCUT2D eigenvalue weighted by Crippen LogP contribution is -2.36. The first-order chi connectivity index (χ1) is 12.3. The number of guanidine groups is 1. The van der Waals surface area contributed by atoms with Gasteiger partial charge in [-0.05, 0) is 35.7 Å². The Morgan fingerprint density at radius 1 is 1.35 bits per heavy atom. The Labute approximate surface area is 149 Å². The third kappa shape index (κ3) is 3.49. The minimum atomic E-state index is -4.58. The number of carbonyl (C=O) groups excluding carboxylic acids is 1. The van der Waals surface area contributed by atoms with Crippen LogP contribution in [0.5, 0.6) is 10.8 Å². The van der Waals surface area contributed by atoms with Gasteiger partial charge >= 0.3 is 6.18 Å². The van der Waals surface area contributed by atoms with Crippen molar-refractivity contribution in [2.75, 3.05) is 7.05 Å². The third-order valence-corrected chi connectivity index (χ3v) is 4.24. The zero-order valence-corrected chi connectivity index (χ0v) is 14.2. The molecule has 0 unspecified atom stereocenters. The smallest absolute Gasteiger partial charge is 0.417 e. The van der Waals surface area contributed by atoms with Gasteiger partial charge in [0.05, 0.1) is 11.1 Å². The summed E-state index contributed by atoms with van der Waals surface area (Å²) in [6.07, 6.45) is -4.58. The Morgan fingerprint density at radius 3 is 2.73 bits per heavy atom. The van der Waals surface area contributed by atoms with Crippen molar-refractivity contribution < 1.29 is 22.7 Å². The molecule has 136 valence electrons. The molecule has 3 aromatic rings. The molecule has 1 amide bonds. The number of rotatable bonds is 3. The number of hydrogen-bond acceptors (Lipinski definition) is 4. The lowest BCUT2D eigenvalue weighted by molar-refractivity contribution is -0.136. The molecule has 1 aromatic carbocycles. The van der Waals surface area contributed by atoms with E-state index in [1.165, 1.54) is 24.5 Å². The monoisotopic (exact) mass is 382 g/mol. The molecule has 6 nitrogen and oxygen atoms in total. The summed E-state index contributed by atoms with van der Waals surface area (Å²) >= 11 is 1.29. The van der Waals surface area contributed by atoms with E-state index in [0.29, 0.717) is 5.06 Å². The topological polar surface area (TPSA) is 92.5 Å². The molecule has 0 saturated carbocycles. The molecule has 10 heteroatoms. The van der Waals surface area contributed by atoms with Gasteiger partial charge in [0.2, 0.25) is 0 Å². The maximum Gasteiger partial charge on any atom is 0.417 e. The zero-order chi connectivity index (χ0) is 18.9. The molecule has 2 aromatic heterocycles. The van der Waals surface area contributed by atoms with Gasteiger partial charge in [-0.2, -0.15) is 13.2 Å². The molecule has 0 atom stereocenters. The number of ether oxygens (including phenoxy) is 1. The molecule has 0 aliphatic carbocycles. The number of halogens is 3. The molecule has 0 aliphatic heterocycles. The van der Waals surface area contributed by atoms with Crippen molar-refractivity contribution in [3.63, 3.8) is 0 Å². The number of benzene rings is 1. The van der Waals surface area contributed by atoms with Crippen molar-refractivity contribution >= 4 is 34.1 Å². The van der Waals surface area contributed by atoms with E-state index in [9.17, 15) is 18.0 Å². The zero-order valence-electron chi connectivity index (χ0n) is 13.3. The number of thiophene rings is 1. The van der Waals surface area contributed by atoms with Crippen LogP contribution in [0.3, 0.4) is 0 Å². The van der Waals surface area contributed by atoms with Gasteiger partial charge < -0.3 is 15.5 Å². The highest BCUT2D eigenvalue weighted by Crippen LogP contribution is 2.40. The quantitative estimate of drug-likeness (QED) is 0.476. The van der Waals surface area contributed by atoms with E-state index in [2.05, 4.69) is 15.3 Å². The van der Waals surface area contributed by atoms with Crippen molar-refractivity contribution in [1.82, 2.24) is 10.3 Å². The summed E-state index contributed by atoms with van der Waals surface area (Å²) in [6.45, 7) is 0. The van der Waals surface area contributed by atoms with Crippen molar-refractivity contribution in [2.45, 2.75) is 6.18 Å². The number of hydrogen-bond donors (Lipinski definition) is 3. The van der Waals surface area contributed by atoms with Crippen LogP contribution in [-0.2, 0) is 6.18 Å². The molecule has 0 bridgehead atoms. The first kappa shape index (κ1) is 17.8. The van der Waals surface area contributed by atoms with E-state index >= 15 is 0 Å². The van der Waals surface area contributed by atoms with Crippen LogP contribution >= 0.6 is 11.3 Å². The second-order valence-electron chi connectivity index (χ2n) is 5.18. The lowest BCUT2D eigenvalue weighted by Gasteiger charge is -2.10. The van der Waals surface area contributed by atoms with Gasteiger partial charge in [0.25, 0.3) is 5.91 Å². The number of fused-ring (bicyclic) bond motifs is 1. The van der Waals surface area contributed by atoms with Crippen LogP contribution in [-0.4, -0.2) is 23.9 Å². The lowest BCUT2D eigenvalue weighted by atomic mass is 10.1. The molecule has 0 aliphatic rings. The Balaban J connectivity index is 2.11. The summed E-state index contributed by atoms with van der Waals surface area (Å²) in [5.74, 6) is -0.689. The van der Waals surface area contributed by atoms with Gasteiger partial charge in [-0.3, -0.25) is 15.1 Å². The molecule has 0 saturated heterocycles. The van der Waals surface area contributed by atoms with E-state index in [-0.39, 0.29) is 28.3 Å². The Hall–Kier alpha value is -3.01. The SMILES string of the molecule is CN=C(N)NC(=O)c1cc2c(C(F)(F)F)ccc(Oc3cccs3)c2[nH]1. The van der Waals surface area contributed by atoms with Crippen LogP contribution in [0.25, 0.3) is 10.9 Å². The Kier molecular flexibility index (Phi) is 4.60. The van der Waals surface area contributed by atoms with Crippen molar-refractivity contribution in [2.24, 2.45) is 10.7 Å². The number of alkyl halides is 3.